The molecular formula is C59H60N4O12S. The third-order valence-electron chi connectivity index (χ3n) is 14.6. The number of rotatable bonds is 23. The summed E-state index contributed by atoms with van der Waals surface area (Å²) in [5.41, 5.74) is 3.36. The van der Waals surface area contributed by atoms with Gasteiger partial charge in [0, 0.05) is 60.3 Å². The van der Waals surface area contributed by atoms with Crippen molar-refractivity contribution in [3.63, 3.8) is 0 Å². The highest BCUT2D eigenvalue weighted by Gasteiger charge is 2.66. The van der Waals surface area contributed by atoms with Crippen LogP contribution in [0, 0.1) is 38.0 Å². The number of nitro benzene ring substituents is 2. The van der Waals surface area contributed by atoms with E-state index < -0.39 is 33.7 Å². The number of allylic oxidation sites excluding steroid dienone is 1. The van der Waals surface area contributed by atoms with Crippen molar-refractivity contribution in [3.05, 3.63) is 195 Å². The fourth-order valence-electron chi connectivity index (χ4n) is 11.1. The predicted molar refractivity (Wildman–Crippen MR) is 290 cm³/mol. The van der Waals surface area contributed by atoms with Crippen LogP contribution in [0.25, 0.3) is 10.8 Å². The van der Waals surface area contributed by atoms with Crippen molar-refractivity contribution >= 4 is 45.7 Å². The minimum atomic E-state index is -1.67. The molecular weight excluding hydrogens is 989 g/mol. The first-order chi connectivity index (χ1) is 37.0. The molecule has 76 heavy (non-hydrogen) atoms. The second-order valence-corrected chi connectivity index (χ2v) is 20.0. The van der Waals surface area contributed by atoms with Gasteiger partial charge in [-0.2, -0.15) is 0 Å². The lowest BCUT2D eigenvalue weighted by atomic mass is 9.55. The molecule has 0 radical (unpaired) electrons. The van der Waals surface area contributed by atoms with Crippen molar-refractivity contribution < 1.29 is 48.6 Å². The number of nitro groups is 2. The number of carbonyl (C=O) groups is 1. The van der Waals surface area contributed by atoms with Gasteiger partial charge in [-0.1, -0.05) is 72.6 Å². The normalized spacial score (nSPS) is 20.9. The maximum atomic E-state index is 15.5. The van der Waals surface area contributed by atoms with Gasteiger partial charge >= 0.3 is 6.09 Å². The van der Waals surface area contributed by atoms with Crippen molar-refractivity contribution in [1.29, 1.82) is 0 Å². The van der Waals surface area contributed by atoms with Gasteiger partial charge in [0.2, 0.25) is 5.79 Å². The molecule has 1 saturated carbocycles. The summed E-state index contributed by atoms with van der Waals surface area (Å²) < 4.78 is 27.5. The fourth-order valence-corrected chi connectivity index (χ4v) is 11.5. The summed E-state index contributed by atoms with van der Waals surface area (Å²) in [6.07, 6.45) is 9.16. The number of hydrogen-bond acceptors (Lipinski definition) is 14. The molecule has 3 aliphatic rings. The monoisotopic (exact) mass is 1050 g/mol. The van der Waals surface area contributed by atoms with Crippen molar-refractivity contribution in [2.24, 2.45) is 22.9 Å². The molecule has 17 heteroatoms. The molecule has 1 heterocycles. The minimum Gasteiger partial charge on any atom is -0.459 e. The molecule has 0 spiro atoms. The van der Waals surface area contributed by atoms with Gasteiger partial charge in [-0.15, -0.1) is 18.3 Å². The Morgan fingerprint density at radius 1 is 0.842 bits per heavy atom. The van der Waals surface area contributed by atoms with E-state index in [1.54, 1.807) is 34.9 Å². The van der Waals surface area contributed by atoms with E-state index in [-0.39, 0.29) is 74.3 Å². The number of carbonyl (C=O) groups excluding carboxylic acids is 1. The second kappa shape index (κ2) is 24.4. The van der Waals surface area contributed by atoms with Gasteiger partial charge in [-0.05, 0) is 138 Å². The van der Waals surface area contributed by atoms with Gasteiger partial charge < -0.3 is 34.0 Å². The number of ether oxygens (including phenoxy) is 4. The number of nitrogens with zero attached hydrogens (tertiary/aromatic N) is 4. The summed E-state index contributed by atoms with van der Waals surface area (Å²) in [5, 5.41) is 50.2. The number of aliphatic hydroxyl groups is 2. The molecule has 2 aliphatic carbocycles. The Balaban J connectivity index is 1.26. The van der Waals surface area contributed by atoms with Gasteiger partial charge in [0.15, 0.2) is 0 Å². The number of hydrogen-bond donors (Lipinski definition) is 2. The standard InChI is InChI=1S/C59H60N4O12S/c1-3-33-71-59-55(61(37-42-14-10-13-40-11-4-5-15-49(40)42)58(66)74-46-23-21-44(22-24-46)63(69)70)36-53(60-72-38-39-17-19-43(20-18-39)62(67)68)51-34-41(12-6-8-31-64)50(16-7-9-32-65)56(57(51)59)52-35-47(27-30-54(52)75-59)73-45-25-28-48(76-2)29-26-45/h3-5,10-11,13-15,17-30,34-35,41,50,55-57,64-65H,1,6-9,12,16,31-33,36-38H2,2H3. The van der Waals surface area contributed by atoms with Crippen LogP contribution in [0.5, 0.6) is 23.0 Å². The third-order valence-corrected chi connectivity index (χ3v) is 15.3. The Kier molecular flexibility index (Phi) is 17.1. The quantitative estimate of drug-likeness (QED) is 0.0202. The highest BCUT2D eigenvalue weighted by molar-refractivity contribution is 7.98. The molecule has 2 N–H and O–H groups in total. The zero-order valence-electron chi connectivity index (χ0n) is 42.1. The van der Waals surface area contributed by atoms with Crippen molar-refractivity contribution in [1.82, 2.24) is 4.90 Å². The molecule has 1 aliphatic heterocycles. The van der Waals surface area contributed by atoms with Crippen LogP contribution in [0.2, 0.25) is 0 Å². The number of oxime groups is 1. The minimum absolute atomic E-state index is 0.00725. The fraction of sp³-hybridized carbons (Fsp3) is 0.322. The smallest absolute Gasteiger partial charge is 0.416 e. The summed E-state index contributed by atoms with van der Waals surface area (Å²) in [6, 6.07) is 37.7. The Morgan fingerprint density at radius 3 is 2.21 bits per heavy atom. The Labute approximate surface area is 444 Å². The molecule has 6 aromatic carbocycles. The van der Waals surface area contributed by atoms with Gasteiger partial charge in [-0.3, -0.25) is 25.1 Å². The summed E-state index contributed by atoms with van der Waals surface area (Å²) in [7, 11) is 0. The average Bonchev–Trinajstić information content (AvgIpc) is 3.54. The zero-order valence-corrected chi connectivity index (χ0v) is 42.9. The topological polar surface area (TPSA) is 206 Å². The number of aliphatic hydroxyl groups excluding tert-OH is 2. The highest BCUT2D eigenvalue weighted by Crippen LogP contribution is 2.62. The molecule has 0 aromatic heterocycles. The van der Waals surface area contributed by atoms with E-state index in [1.165, 1.54) is 36.4 Å². The van der Waals surface area contributed by atoms with Crippen LogP contribution in [-0.2, 0) is 22.7 Å². The molecule has 6 aromatic rings. The largest absolute Gasteiger partial charge is 0.459 e. The Bertz CT molecular complexity index is 3090. The number of benzene rings is 6. The molecule has 1 fully saturated rings. The molecule has 6 atom stereocenters. The molecule has 9 rings (SSSR count). The summed E-state index contributed by atoms with van der Waals surface area (Å²) in [4.78, 5) is 46.6. The highest BCUT2D eigenvalue weighted by atomic mass is 32.2. The SMILES string of the molecule is C=CCOC12Oc3ccc(Oc4ccc(SC)cc4)cc3C3C(CCCCO)C(CCCCO)C=C(C(=NOCc4ccc([N+](=O)[O-])cc4)CC1N(Cc1cccc4ccccc14)C(=O)Oc1ccc([N+](=O)[O-])cc1)C32. The average molecular weight is 1050 g/mol. The summed E-state index contributed by atoms with van der Waals surface area (Å²) in [6.45, 7) is 4.08. The molecule has 394 valence electrons. The zero-order chi connectivity index (χ0) is 53.2. The van der Waals surface area contributed by atoms with Crippen LogP contribution >= 0.6 is 11.8 Å². The third kappa shape index (κ3) is 11.6. The summed E-state index contributed by atoms with van der Waals surface area (Å²) >= 11 is 1.63. The van der Waals surface area contributed by atoms with E-state index in [1.807, 2.05) is 91.2 Å². The first kappa shape index (κ1) is 53.3. The van der Waals surface area contributed by atoms with Gasteiger partial charge in [0.1, 0.15) is 35.6 Å². The van der Waals surface area contributed by atoms with Crippen LogP contribution in [0.1, 0.15) is 67.6 Å². The van der Waals surface area contributed by atoms with E-state index >= 15 is 4.79 Å². The summed E-state index contributed by atoms with van der Waals surface area (Å²) in [5.74, 6) is -1.08. The van der Waals surface area contributed by atoms with E-state index in [0.717, 1.165) is 45.2 Å². The number of thioether (sulfide) groups is 1. The van der Waals surface area contributed by atoms with E-state index in [0.29, 0.717) is 54.2 Å². The maximum absolute atomic E-state index is 15.5. The van der Waals surface area contributed by atoms with Crippen LogP contribution in [-0.4, -0.2) is 74.7 Å². The van der Waals surface area contributed by atoms with E-state index in [4.69, 9.17) is 28.9 Å². The molecule has 0 bridgehead atoms. The lowest BCUT2D eigenvalue weighted by Gasteiger charge is -2.59. The van der Waals surface area contributed by atoms with Crippen molar-refractivity contribution in [3.8, 4) is 23.0 Å². The number of non-ortho nitro benzene ring substituents is 2. The maximum Gasteiger partial charge on any atom is 0.416 e. The molecule has 1 amide bonds. The number of unbranched alkanes of at least 4 members (excludes halogenated alkanes) is 2. The lowest BCUT2D eigenvalue weighted by Crippen LogP contribution is -2.70. The number of fused-ring (bicyclic) bond motifs is 3. The lowest BCUT2D eigenvalue weighted by molar-refractivity contribution is -0.385. The number of amides is 1. The van der Waals surface area contributed by atoms with Gasteiger partial charge in [-0.25, -0.2) is 4.79 Å². The van der Waals surface area contributed by atoms with Crippen molar-refractivity contribution in [2.45, 2.75) is 80.7 Å². The first-order valence-corrected chi connectivity index (χ1v) is 26.7. The van der Waals surface area contributed by atoms with Crippen LogP contribution < -0.4 is 14.2 Å². The van der Waals surface area contributed by atoms with Gasteiger partial charge in [0.05, 0.1) is 34.6 Å². The van der Waals surface area contributed by atoms with Gasteiger partial charge in [0.25, 0.3) is 11.4 Å². The van der Waals surface area contributed by atoms with E-state index in [9.17, 15) is 30.4 Å². The van der Waals surface area contributed by atoms with Crippen LogP contribution in [0.3, 0.4) is 0 Å². The first-order valence-electron chi connectivity index (χ1n) is 25.5. The molecule has 0 saturated heterocycles. The predicted octanol–water partition coefficient (Wildman–Crippen LogP) is 12.7. The Hall–Kier alpha value is -7.57. The second-order valence-electron chi connectivity index (χ2n) is 19.1. The van der Waals surface area contributed by atoms with E-state index in [2.05, 4.69) is 12.7 Å². The molecule has 16 nitrogen and oxygen atoms in total. The van der Waals surface area contributed by atoms with Crippen molar-refractivity contribution in [2.75, 3.05) is 26.1 Å². The molecule has 6 unspecified atom stereocenters. The van der Waals surface area contributed by atoms with Crippen LogP contribution in [0.4, 0.5) is 16.2 Å². The Morgan fingerprint density at radius 2 is 1.51 bits per heavy atom. The van der Waals surface area contributed by atoms with Crippen LogP contribution in [0.15, 0.2) is 168 Å².